The second-order valence-corrected chi connectivity index (χ2v) is 7.90. The van der Waals surface area contributed by atoms with Gasteiger partial charge in [-0.2, -0.15) is 0 Å². The number of nitrogens with one attached hydrogen (secondary N) is 2. The molecular weight excluding hydrogens is 422 g/mol. The van der Waals surface area contributed by atoms with Gasteiger partial charge in [0.05, 0.1) is 30.4 Å². The van der Waals surface area contributed by atoms with Gasteiger partial charge in [-0.25, -0.2) is 4.98 Å². The van der Waals surface area contributed by atoms with Gasteiger partial charge >= 0.3 is 0 Å². The SMILES string of the molecule is O=C(Cn1c(=O)cnc2ccccc21)NCc1cccc(NC(=O)CCN2CCOCC2)c1. The van der Waals surface area contributed by atoms with Crippen molar-refractivity contribution in [1.82, 2.24) is 19.8 Å². The zero-order valence-electron chi connectivity index (χ0n) is 18.3. The van der Waals surface area contributed by atoms with Gasteiger partial charge in [-0.05, 0) is 29.8 Å². The van der Waals surface area contributed by atoms with Crippen LogP contribution in [0, 0.1) is 0 Å². The van der Waals surface area contributed by atoms with Gasteiger partial charge in [0.1, 0.15) is 6.54 Å². The van der Waals surface area contributed by atoms with Crippen molar-refractivity contribution >= 4 is 28.5 Å². The number of carbonyl (C=O) groups excluding carboxylic acids is 2. The molecule has 1 aromatic heterocycles. The van der Waals surface area contributed by atoms with Crippen molar-refractivity contribution in [2.75, 3.05) is 38.2 Å². The molecule has 2 aromatic carbocycles. The molecule has 1 saturated heterocycles. The van der Waals surface area contributed by atoms with Crippen molar-refractivity contribution < 1.29 is 14.3 Å². The largest absolute Gasteiger partial charge is 0.379 e. The highest BCUT2D eigenvalue weighted by Gasteiger charge is 2.12. The normalized spacial score (nSPS) is 14.2. The fourth-order valence-electron chi connectivity index (χ4n) is 3.74. The molecule has 4 rings (SSSR count). The first kappa shape index (κ1) is 22.6. The predicted octanol–water partition coefficient (Wildman–Crippen LogP) is 1.37. The fourth-order valence-corrected chi connectivity index (χ4v) is 3.74. The van der Waals surface area contributed by atoms with E-state index in [4.69, 9.17) is 4.74 Å². The first-order valence-corrected chi connectivity index (χ1v) is 11.0. The smallest absolute Gasteiger partial charge is 0.269 e. The van der Waals surface area contributed by atoms with E-state index in [1.54, 1.807) is 18.2 Å². The van der Waals surface area contributed by atoms with Crippen LogP contribution in [0.25, 0.3) is 11.0 Å². The molecule has 0 atom stereocenters. The van der Waals surface area contributed by atoms with Crippen molar-refractivity contribution in [2.45, 2.75) is 19.5 Å². The lowest BCUT2D eigenvalue weighted by atomic mass is 10.2. The topological polar surface area (TPSA) is 106 Å². The predicted molar refractivity (Wildman–Crippen MR) is 125 cm³/mol. The Labute approximate surface area is 191 Å². The number of aromatic nitrogens is 2. The van der Waals surface area contributed by atoms with Gasteiger partial charge < -0.3 is 15.4 Å². The highest BCUT2D eigenvalue weighted by molar-refractivity contribution is 5.90. The number of nitrogens with zero attached hydrogens (tertiary/aromatic N) is 3. The summed E-state index contributed by atoms with van der Waals surface area (Å²) in [5.41, 5.74) is 2.47. The number of anilines is 1. The van der Waals surface area contributed by atoms with Gasteiger partial charge in [-0.3, -0.25) is 23.9 Å². The number of morpholine rings is 1. The third-order valence-corrected chi connectivity index (χ3v) is 5.51. The number of amides is 2. The summed E-state index contributed by atoms with van der Waals surface area (Å²) < 4.78 is 6.73. The molecule has 3 aromatic rings. The first-order valence-electron chi connectivity index (χ1n) is 11.0. The Bertz CT molecular complexity index is 1190. The Morgan fingerprint density at radius 2 is 1.85 bits per heavy atom. The summed E-state index contributed by atoms with van der Waals surface area (Å²) in [4.78, 5) is 43.3. The maximum atomic E-state index is 12.5. The first-order chi connectivity index (χ1) is 16.1. The molecule has 0 spiro atoms. The highest BCUT2D eigenvalue weighted by atomic mass is 16.5. The molecule has 2 N–H and O–H groups in total. The van der Waals surface area contributed by atoms with Crippen LogP contribution in [0.4, 0.5) is 5.69 Å². The number of fused-ring (bicyclic) bond motifs is 1. The molecule has 0 bridgehead atoms. The maximum absolute atomic E-state index is 12.5. The molecule has 1 aliphatic rings. The van der Waals surface area contributed by atoms with E-state index in [1.807, 2.05) is 30.3 Å². The van der Waals surface area contributed by atoms with Gasteiger partial charge in [-0.15, -0.1) is 0 Å². The number of ether oxygens (including phenoxy) is 1. The quantitative estimate of drug-likeness (QED) is 0.538. The lowest BCUT2D eigenvalue weighted by Gasteiger charge is -2.26. The van der Waals surface area contributed by atoms with Crippen LogP contribution in [-0.4, -0.2) is 59.1 Å². The van der Waals surface area contributed by atoms with Crippen LogP contribution in [0.5, 0.6) is 0 Å². The number of hydrogen-bond acceptors (Lipinski definition) is 6. The Hall–Kier alpha value is -3.56. The average Bonchev–Trinajstić information content (AvgIpc) is 2.84. The van der Waals surface area contributed by atoms with Crippen molar-refractivity contribution in [2.24, 2.45) is 0 Å². The summed E-state index contributed by atoms with van der Waals surface area (Å²) in [6.45, 7) is 4.01. The molecule has 2 heterocycles. The lowest BCUT2D eigenvalue weighted by Crippen LogP contribution is -2.38. The molecule has 9 heteroatoms. The summed E-state index contributed by atoms with van der Waals surface area (Å²) >= 11 is 0. The second-order valence-electron chi connectivity index (χ2n) is 7.90. The summed E-state index contributed by atoms with van der Waals surface area (Å²) in [5.74, 6) is -0.333. The molecule has 2 amide bonds. The maximum Gasteiger partial charge on any atom is 0.269 e. The van der Waals surface area contributed by atoms with Crippen molar-refractivity contribution in [3.05, 3.63) is 70.6 Å². The third kappa shape index (κ3) is 6.24. The summed E-state index contributed by atoms with van der Waals surface area (Å²) in [7, 11) is 0. The molecule has 0 saturated carbocycles. The van der Waals surface area contributed by atoms with Crippen LogP contribution in [0.3, 0.4) is 0 Å². The van der Waals surface area contributed by atoms with Gasteiger partial charge in [0, 0.05) is 38.3 Å². The van der Waals surface area contributed by atoms with Crippen LogP contribution < -0.4 is 16.2 Å². The summed E-state index contributed by atoms with van der Waals surface area (Å²) in [5, 5.41) is 5.75. The van der Waals surface area contributed by atoms with E-state index in [9.17, 15) is 14.4 Å². The minimum Gasteiger partial charge on any atom is -0.379 e. The van der Waals surface area contributed by atoms with E-state index in [-0.39, 0.29) is 30.5 Å². The van der Waals surface area contributed by atoms with E-state index < -0.39 is 0 Å². The van der Waals surface area contributed by atoms with E-state index in [2.05, 4.69) is 20.5 Å². The molecule has 0 unspecified atom stereocenters. The summed E-state index contributed by atoms with van der Waals surface area (Å²) in [6, 6.07) is 14.6. The molecule has 1 fully saturated rings. The zero-order chi connectivity index (χ0) is 23.0. The van der Waals surface area contributed by atoms with Gasteiger partial charge in [-0.1, -0.05) is 24.3 Å². The highest BCUT2D eigenvalue weighted by Crippen LogP contribution is 2.12. The molecule has 33 heavy (non-hydrogen) atoms. The number of para-hydroxylation sites is 2. The third-order valence-electron chi connectivity index (χ3n) is 5.51. The fraction of sp³-hybridized carbons (Fsp3) is 0.333. The minimum atomic E-state index is -0.328. The van der Waals surface area contributed by atoms with E-state index in [0.717, 1.165) is 18.7 Å². The minimum absolute atomic E-state index is 0.0494. The Balaban J connectivity index is 1.30. The Morgan fingerprint density at radius 3 is 2.70 bits per heavy atom. The van der Waals surface area contributed by atoms with Gasteiger partial charge in [0.2, 0.25) is 11.8 Å². The van der Waals surface area contributed by atoms with Crippen LogP contribution in [0.2, 0.25) is 0 Å². The van der Waals surface area contributed by atoms with Crippen molar-refractivity contribution in [3.8, 4) is 0 Å². The lowest BCUT2D eigenvalue weighted by molar-refractivity contribution is -0.121. The number of carbonyl (C=O) groups is 2. The van der Waals surface area contributed by atoms with Crippen molar-refractivity contribution in [3.63, 3.8) is 0 Å². The molecule has 0 aliphatic carbocycles. The Kier molecular flexibility index (Phi) is 7.43. The number of hydrogen-bond donors (Lipinski definition) is 2. The molecule has 172 valence electrons. The number of rotatable bonds is 8. The van der Waals surface area contributed by atoms with E-state index >= 15 is 0 Å². The summed E-state index contributed by atoms with van der Waals surface area (Å²) in [6.07, 6.45) is 1.64. The number of benzene rings is 2. The van der Waals surface area contributed by atoms with Crippen LogP contribution >= 0.6 is 0 Å². The standard InChI is InChI=1S/C24H27N5O4/c30-22(8-9-28-10-12-33-13-11-28)27-19-5-3-4-18(14-19)15-26-23(31)17-29-21-7-2-1-6-20(21)25-16-24(29)32/h1-7,14,16H,8-13,15,17H2,(H,26,31)(H,27,30). The molecule has 0 radical (unpaired) electrons. The van der Waals surface area contributed by atoms with Gasteiger partial charge in [0.25, 0.3) is 5.56 Å². The van der Waals surface area contributed by atoms with Crippen LogP contribution in [0.15, 0.2) is 59.5 Å². The monoisotopic (exact) mass is 449 g/mol. The van der Waals surface area contributed by atoms with Crippen LogP contribution in [-0.2, 0) is 27.4 Å². The molecule has 9 nitrogen and oxygen atoms in total. The van der Waals surface area contributed by atoms with Crippen LogP contribution in [0.1, 0.15) is 12.0 Å². The van der Waals surface area contributed by atoms with Gasteiger partial charge in [0.15, 0.2) is 0 Å². The second kappa shape index (κ2) is 10.8. The Morgan fingerprint density at radius 1 is 1.03 bits per heavy atom. The van der Waals surface area contributed by atoms with E-state index in [0.29, 0.717) is 42.9 Å². The average molecular weight is 450 g/mol. The van der Waals surface area contributed by atoms with E-state index in [1.165, 1.54) is 10.8 Å². The zero-order valence-corrected chi connectivity index (χ0v) is 18.3. The molecular formula is C24H27N5O4. The van der Waals surface area contributed by atoms with Crippen molar-refractivity contribution in [1.29, 1.82) is 0 Å². The molecule has 1 aliphatic heterocycles.